The van der Waals surface area contributed by atoms with Crippen LogP contribution in [-0.4, -0.2) is 23.7 Å². The van der Waals surface area contributed by atoms with Crippen molar-refractivity contribution in [1.29, 1.82) is 0 Å². The first-order valence-corrected chi connectivity index (χ1v) is 6.15. The van der Waals surface area contributed by atoms with Gasteiger partial charge >= 0.3 is 6.09 Å². The maximum Gasteiger partial charge on any atom is 0.408 e. The van der Waals surface area contributed by atoms with E-state index in [0.717, 1.165) is 5.56 Å². The Morgan fingerprint density at radius 2 is 2.00 bits per heavy atom. The molecule has 0 aliphatic heterocycles. The van der Waals surface area contributed by atoms with Crippen molar-refractivity contribution < 1.29 is 14.3 Å². The molecule has 1 N–H and O–H groups in total. The second-order valence-electron chi connectivity index (χ2n) is 5.23. The summed E-state index contributed by atoms with van der Waals surface area (Å²) in [5, 5.41) is 2.64. The van der Waals surface area contributed by atoms with E-state index in [9.17, 15) is 9.59 Å². The molecular formula is C15H19NO3. The molecule has 1 aromatic rings. The van der Waals surface area contributed by atoms with Crippen molar-refractivity contribution in [1.82, 2.24) is 5.32 Å². The molecule has 19 heavy (non-hydrogen) atoms. The summed E-state index contributed by atoms with van der Waals surface area (Å²) >= 11 is 0. The van der Waals surface area contributed by atoms with Gasteiger partial charge in [0, 0.05) is 6.08 Å². The van der Waals surface area contributed by atoms with Crippen LogP contribution in [0.5, 0.6) is 0 Å². The molecule has 0 aliphatic rings. The fraction of sp³-hybridized carbons (Fsp3) is 0.400. The molecule has 0 aliphatic carbocycles. The van der Waals surface area contributed by atoms with E-state index in [4.69, 9.17) is 4.74 Å². The van der Waals surface area contributed by atoms with E-state index in [1.807, 2.05) is 30.3 Å². The second kappa shape index (κ2) is 6.76. The highest BCUT2D eigenvalue weighted by Gasteiger charge is 2.18. The summed E-state index contributed by atoms with van der Waals surface area (Å²) in [5.74, 6) is 1.71. The van der Waals surface area contributed by atoms with Crippen LogP contribution in [0.1, 0.15) is 26.3 Å². The third-order valence-corrected chi connectivity index (χ3v) is 2.27. The van der Waals surface area contributed by atoms with Crippen LogP contribution >= 0.6 is 0 Å². The zero-order valence-corrected chi connectivity index (χ0v) is 11.5. The largest absolute Gasteiger partial charge is 0.444 e. The van der Waals surface area contributed by atoms with Crippen molar-refractivity contribution in [2.24, 2.45) is 0 Å². The molecule has 102 valence electrons. The van der Waals surface area contributed by atoms with E-state index in [1.165, 1.54) is 6.08 Å². The van der Waals surface area contributed by atoms with E-state index in [-0.39, 0.29) is 0 Å². The van der Waals surface area contributed by atoms with Gasteiger partial charge in [-0.1, -0.05) is 30.3 Å². The smallest absolute Gasteiger partial charge is 0.408 e. The number of hydrogen-bond acceptors (Lipinski definition) is 3. The van der Waals surface area contributed by atoms with Gasteiger partial charge in [0.15, 0.2) is 0 Å². The van der Waals surface area contributed by atoms with Crippen molar-refractivity contribution >= 4 is 12.0 Å². The lowest BCUT2D eigenvalue weighted by atomic mass is 10.1. The highest BCUT2D eigenvalue weighted by atomic mass is 16.6. The lowest BCUT2D eigenvalue weighted by Crippen LogP contribution is -2.39. The van der Waals surface area contributed by atoms with E-state index in [0.29, 0.717) is 6.42 Å². The predicted octanol–water partition coefficient (Wildman–Crippen LogP) is 2.51. The lowest BCUT2D eigenvalue weighted by molar-refractivity contribution is 0.0515. The van der Waals surface area contributed by atoms with E-state index in [1.54, 1.807) is 26.7 Å². The zero-order valence-electron chi connectivity index (χ0n) is 11.5. The molecular weight excluding hydrogens is 242 g/mol. The van der Waals surface area contributed by atoms with Crippen LogP contribution in [0.15, 0.2) is 36.4 Å². The van der Waals surface area contributed by atoms with E-state index < -0.39 is 17.7 Å². The van der Waals surface area contributed by atoms with Gasteiger partial charge in [0.2, 0.25) is 0 Å². The monoisotopic (exact) mass is 261 g/mol. The molecule has 0 saturated carbocycles. The minimum atomic E-state index is -0.563. The molecule has 0 fully saturated rings. The molecule has 4 heteroatoms. The van der Waals surface area contributed by atoms with Gasteiger partial charge in [-0.2, -0.15) is 0 Å². The van der Waals surface area contributed by atoms with E-state index in [2.05, 4.69) is 5.32 Å². The number of carbonyl (C=O) groups excluding carboxylic acids is 2. The summed E-state index contributed by atoms with van der Waals surface area (Å²) in [5.41, 5.74) is 0.460. The van der Waals surface area contributed by atoms with Gasteiger partial charge in [-0.05, 0) is 32.8 Å². The summed E-state index contributed by atoms with van der Waals surface area (Å²) in [7, 11) is 0. The topological polar surface area (TPSA) is 55.4 Å². The molecule has 0 spiro atoms. The molecule has 1 rings (SSSR count). The number of rotatable bonds is 4. The number of ether oxygens (including phenoxy) is 1. The Morgan fingerprint density at radius 1 is 1.37 bits per heavy atom. The number of benzene rings is 1. The van der Waals surface area contributed by atoms with Crippen LogP contribution in [-0.2, 0) is 16.0 Å². The molecule has 0 heterocycles. The first kappa shape index (κ1) is 15.0. The van der Waals surface area contributed by atoms with Crippen molar-refractivity contribution in [3.8, 4) is 0 Å². The molecule has 1 aromatic carbocycles. The molecule has 1 atom stereocenters. The van der Waals surface area contributed by atoms with Gasteiger partial charge in [0.1, 0.15) is 11.5 Å². The quantitative estimate of drug-likeness (QED) is 0.847. The number of alkyl carbamates (subject to hydrolysis) is 1. The summed E-state index contributed by atoms with van der Waals surface area (Å²) in [6, 6.07) is 9.17. The standard InChI is InChI=1S/C15H19NO3/c1-15(2,3)19-14(18)16-13(9-10-17)11-12-7-5-4-6-8-12/h4-9,13H,11H2,1-3H3,(H,16,18)/t13-/m0/s1. The Labute approximate surface area is 113 Å². The second-order valence-corrected chi connectivity index (χ2v) is 5.23. The summed E-state index contributed by atoms with van der Waals surface area (Å²) in [4.78, 5) is 22.2. The van der Waals surface area contributed by atoms with Crippen LogP contribution in [0.4, 0.5) is 4.79 Å². The highest BCUT2D eigenvalue weighted by molar-refractivity contribution is 5.69. The molecule has 0 aromatic heterocycles. The number of carbonyl (C=O) groups is 1. The number of amides is 1. The van der Waals surface area contributed by atoms with Gasteiger partial charge in [-0.25, -0.2) is 9.59 Å². The molecule has 0 radical (unpaired) electrons. The van der Waals surface area contributed by atoms with Crippen LogP contribution in [0.2, 0.25) is 0 Å². The fourth-order valence-electron chi connectivity index (χ4n) is 1.56. The normalized spacial score (nSPS) is 12.2. The molecule has 0 saturated heterocycles. The Balaban J connectivity index is 2.63. The van der Waals surface area contributed by atoms with Crippen molar-refractivity contribution in [2.45, 2.75) is 38.8 Å². The zero-order chi connectivity index (χ0) is 14.3. The lowest BCUT2D eigenvalue weighted by Gasteiger charge is -2.22. The van der Waals surface area contributed by atoms with Crippen LogP contribution in [0, 0.1) is 0 Å². The van der Waals surface area contributed by atoms with Crippen LogP contribution in [0.25, 0.3) is 0 Å². The van der Waals surface area contributed by atoms with Crippen molar-refractivity contribution in [2.75, 3.05) is 0 Å². The molecule has 4 nitrogen and oxygen atoms in total. The minimum Gasteiger partial charge on any atom is -0.444 e. The van der Waals surface area contributed by atoms with Gasteiger partial charge < -0.3 is 10.1 Å². The Hall–Kier alpha value is -2.06. The predicted molar refractivity (Wildman–Crippen MR) is 73.6 cm³/mol. The average Bonchev–Trinajstić information content (AvgIpc) is 2.27. The third-order valence-electron chi connectivity index (χ3n) is 2.27. The Bertz CT molecular complexity index is 456. The number of hydrogen-bond donors (Lipinski definition) is 1. The van der Waals surface area contributed by atoms with Crippen molar-refractivity contribution in [3.63, 3.8) is 0 Å². The van der Waals surface area contributed by atoms with Gasteiger partial charge in [-0.3, -0.25) is 0 Å². The van der Waals surface area contributed by atoms with E-state index >= 15 is 0 Å². The third kappa shape index (κ3) is 6.43. The molecule has 0 unspecified atom stereocenters. The fourth-order valence-corrected chi connectivity index (χ4v) is 1.56. The van der Waals surface area contributed by atoms with Crippen molar-refractivity contribution in [3.05, 3.63) is 42.0 Å². The molecule has 1 amide bonds. The maximum absolute atomic E-state index is 11.7. The first-order chi connectivity index (χ1) is 8.90. The Kier molecular flexibility index (Phi) is 5.34. The first-order valence-electron chi connectivity index (χ1n) is 6.15. The van der Waals surface area contributed by atoms with Gasteiger partial charge in [0.05, 0.1) is 6.04 Å². The minimum absolute atomic E-state index is 0.422. The SMILES string of the molecule is CC(C)(C)OC(=O)N[C@@H](C=C=O)Cc1ccccc1. The average molecular weight is 261 g/mol. The molecule has 0 bridgehead atoms. The van der Waals surface area contributed by atoms with Gasteiger partial charge in [-0.15, -0.1) is 0 Å². The Morgan fingerprint density at radius 3 is 2.53 bits per heavy atom. The number of nitrogens with one attached hydrogen (secondary N) is 1. The van der Waals surface area contributed by atoms with Gasteiger partial charge in [0.25, 0.3) is 0 Å². The van der Waals surface area contributed by atoms with Crippen LogP contribution in [0.3, 0.4) is 0 Å². The maximum atomic E-state index is 11.7. The summed E-state index contributed by atoms with van der Waals surface area (Å²) in [6.45, 7) is 5.36. The highest BCUT2D eigenvalue weighted by Crippen LogP contribution is 2.08. The summed E-state index contributed by atoms with van der Waals surface area (Å²) < 4.78 is 5.15. The summed E-state index contributed by atoms with van der Waals surface area (Å²) in [6.07, 6.45) is 1.27. The van der Waals surface area contributed by atoms with Crippen LogP contribution < -0.4 is 5.32 Å².